The first-order valence-corrected chi connectivity index (χ1v) is 3.57. The van der Waals surface area contributed by atoms with Crippen molar-refractivity contribution in [3.8, 4) is 0 Å². The summed E-state index contributed by atoms with van der Waals surface area (Å²) in [6.45, 7) is 1.97. The van der Waals surface area contributed by atoms with Crippen LogP contribution in [0.3, 0.4) is 0 Å². The van der Waals surface area contributed by atoms with E-state index in [0.717, 1.165) is 12.8 Å². The molecule has 0 aliphatic heterocycles. The molecule has 0 saturated carbocycles. The van der Waals surface area contributed by atoms with Gasteiger partial charge in [-0.15, -0.1) is 0 Å². The van der Waals surface area contributed by atoms with Crippen LogP contribution in [0, 0.1) is 0 Å². The number of hydrogen-bond acceptors (Lipinski definition) is 3. The summed E-state index contributed by atoms with van der Waals surface area (Å²) >= 11 is 0. The van der Waals surface area contributed by atoms with E-state index in [9.17, 15) is 8.42 Å². The van der Waals surface area contributed by atoms with Crippen molar-refractivity contribution < 1.29 is 27.3 Å². The molecular formula is C4H9LiO2S. The maximum Gasteiger partial charge on any atom is 1.00 e. The molecule has 0 fully saturated rings. The van der Waals surface area contributed by atoms with Gasteiger partial charge in [0.05, 0.1) is 0 Å². The van der Waals surface area contributed by atoms with Crippen molar-refractivity contribution >= 4 is 10.7 Å². The Balaban J connectivity index is 0. The number of hydrogen-bond donors (Lipinski definition) is 0. The zero-order valence-electron chi connectivity index (χ0n) is 5.35. The molecule has 0 spiro atoms. The first kappa shape index (κ1) is 11.4. The van der Waals surface area contributed by atoms with E-state index in [1.165, 1.54) is 0 Å². The van der Waals surface area contributed by atoms with Crippen molar-refractivity contribution in [2.24, 2.45) is 0 Å². The van der Waals surface area contributed by atoms with Crippen LogP contribution in [-0.4, -0.2) is 5.75 Å². The Labute approximate surface area is 63.8 Å². The molecule has 0 aromatic heterocycles. The fourth-order valence-electron chi connectivity index (χ4n) is 0.262. The van der Waals surface area contributed by atoms with Gasteiger partial charge < -0.3 is 8.42 Å². The zero-order chi connectivity index (χ0) is 5.70. The van der Waals surface area contributed by atoms with Gasteiger partial charge in [0.25, 0.3) is 0 Å². The second kappa shape index (κ2) is 7.55. The minimum atomic E-state index is -1.82. The average Bonchev–Trinajstić information content (AvgIpc) is 1.61. The summed E-state index contributed by atoms with van der Waals surface area (Å²) in [5.41, 5.74) is 0. The molecule has 0 aromatic carbocycles. The minimum absolute atomic E-state index is 0. The third kappa shape index (κ3) is 9.74. The summed E-state index contributed by atoms with van der Waals surface area (Å²) in [7, 11) is -1.82. The van der Waals surface area contributed by atoms with Gasteiger partial charge in [-0.3, -0.25) is 0 Å². The SMILES string of the molecule is CCCC[S-](=O)=O.[Li+]. The van der Waals surface area contributed by atoms with Crippen molar-refractivity contribution in [1.29, 1.82) is 0 Å². The van der Waals surface area contributed by atoms with Gasteiger partial charge in [-0.2, -0.15) is 0 Å². The van der Waals surface area contributed by atoms with E-state index in [2.05, 4.69) is 0 Å². The largest absolute Gasteiger partial charge is 1.00 e. The first-order valence-electron chi connectivity index (χ1n) is 2.33. The monoisotopic (exact) mass is 128 g/mol. The molecule has 0 rings (SSSR count). The van der Waals surface area contributed by atoms with Crippen molar-refractivity contribution in [2.75, 3.05) is 5.75 Å². The molecule has 2 nitrogen and oxygen atoms in total. The first-order chi connectivity index (χ1) is 3.27. The van der Waals surface area contributed by atoms with Crippen molar-refractivity contribution in [3.05, 3.63) is 0 Å². The number of rotatable bonds is 3. The predicted octanol–water partition coefficient (Wildman–Crippen LogP) is -1.90. The van der Waals surface area contributed by atoms with E-state index in [4.69, 9.17) is 0 Å². The maximum absolute atomic E-state index is 9.76. The van der Waals surface area contributed by atoms with Crippen LogP contribution in [0.4, 0.5) is 0 Å². The summed E-state index contributed by atoms with van der Waals surface area (Å²) in [6.07, 6.45) is 1.74. The van der Waals surface area contributed by atoms with Gasteiger partial charge in [0.2, 0.25) is 0 Å². The molecule has 0 saturated heterocycles. The second-order valence-electron chi connectivity index (χ2n) is 1.36. The molecule has 0 unspecified atom stereocenters. The smallest absolute Gasteiger partial charge is 0.424 e. The van der Waals surface area contributed by atoms with Crippen molar-refractivity contribution in [3.63, 3.8) is 0 Å². The molecule has 0 aromatic rings. The number of unbranched alkanes of at least 4 members (excludes halogenated alkanes) is 1. The third-order valence-corrected chi connectivity index (χ3v) is 1.29. The Morgan fingerprint density at radius 3 is 2.00 bits per heavy atom. The van der Waals surface area contributed by atoms with E-state index in [0.29, 0.717) is 5.75 Å². The summed E-state index contributed by atoms with van der Waals surface area (Å²) in [4.78, 5) is 0. The Morgan fingerprint density at radius 2 is 1.88 bits per heavy atom. The van der Waals surface area contributed by atoms with Crippen LogP contribution in [0.5, 0.6) is 0 Å². The molecule has 8 heavy (non-hydrogen) atoms. The fourth-order valence-corrected chi connectivity index (χ4v) is 0.787. The molecule has 0 heterocycles. The average molecular weight is 128 g/mol. The van der Waals surface area contributed by atoms with E-state index in [1.807, 2.05) is 6.92 Å². The van der Waals surface area contributed by atoms with Crippen LogP contribution in [0.25, 0.3) is 0 Å². The van der Waals surface area contributed by atoms with E-state index in [1.54, 1.807) is 0 Å². The molecule has 0 atom stereocenters. The predicted molar refractivity (Wildman–Crippen MR) is 28.5 cm³/mol. The zero-order valence-corrected chi connectivity index (χ0v) is 6.16. The molecule has 0 aliphatic carbocycles. The molecule has 44 valence electrons. The minimum Gasteiger partial charge on any atom is -0.424 e. The molecular weight excluding hydrogens is 119 g/mol. The molecule has 0 N–H and O–H groups in total. The Kier molecular flexibility index (Phi) is 10.7. The summed E-state index contributed by atoms with van der Waals surface area (Å²) in [6, 6.07) is 0. The maximum atomic E-state index is 9.76. The summed E-state index contributed by atoms with van der Waals surface area (Å²) < 4.78 is 19.5. The van der Waals surface area contributed by atoms with Crippen LogP contribution < -0.4 is 18.9 Å². The van der Waals surface area contributed by atoms with Crippen LogP contribution in [0.2, 0.25) is 0 Å². The summed E-state index contributed by atoms with van der Waals surface area (Å²) in [5, 5.41) is 0. The van der Waals surface area contributed by atoms with Crippen LogP contribution in [0.1, 0.15) is 19.8 Å². The molecule has 4 heteroatoms. The fraction of sp³-hybridized carbons (Fsp3) is 1.00. The standard InChI is InChI=1S/C4H9O2S.Li/c1-2-3-4-7(5)6;/h2-4H2,1H3;/q-1;+1. The molecule has 0 amide bonds. The quantitative estimate of drug-likeness (QED) is 0.328. The van der Waals surface area contributed by atoms with E-state index >= 15 is 0 Å². The van der Waals surface area contributed by atoms with Gasteiger partial charge in [0.1, 0.15) is 0 Å². The molecule has 0 aliphatic rings. The van der Waals surface area contributed by atoms with Crippen LogP contribution in [-0.2, 0) is 19.1 Å². The van der Waals surface area contributed by atoms with Gasteiger partial charge in [-0.05, 0) is 0 Å². The van der Waals surface area contributed by atoms with Gasteiger partial charge in [-0.25, -0.2) is 0 Å². The Bertz CT molecular complexity index is 92.2. The van der Waals surface area contributed by atoms with E-state index in [-0.39, 0.29) is 18.9 Å². The van der Waals surface area contributed by atoms with Crippen molar-refractivity contribution in [1.82, 2.24) is 0 Å². The molecule has 0 bridgehead atoms. The van der Waals surface area contributed by atoms with Crippen LogP contribution >= 0.6 is 0 Å². The Morgan fingerprint density at radius 1 is 1.38 bits per heavy atom. The van der Waals surface area contributed by atoms with Gasteiger partial charge in [-0.1, -0.05) is 36.2 Å². The van der Waals surface area contributed by atoms with Crippen LogP contribution in [0.15, 0.2) is 0 Å². The molecule has 0 radical (unpaired) electrons. The normalized spacial score (nSPS) is 8.75. The topological polar surface area (TPSA) is 34.1 Å². The van der Waals surface area contributed by atoms with Gasteiger partial charge in [0, 0.05) is 0 Å². The van der Waals surface area contributed by atoms with E-state index < -0.39 is 10.7 Å². The van der Waals surface area contributed by atoms with Gasteiger partial charge >= 0.3 is 18.9 Å². The third-order valence-electron chi connectivity index (χ3n) is 0.665. The Hall–Kier alpha value is 0.547. The van der Waals surface area contributed by atoms with Crippen molar-refractivity contribution in [2.45, 2.75) is 19.8 Å². The summed E-state index contributed by atoms with van der Waals surface area (Å²) in [5.74, 6) is 0.316. The van der Waals surface area contributed by atoms with Gasteiger partial charge in [0.15, 0.2) is 0 Å². The second-order valence-corrected chi connectivity index (χ2v) is 2.38.